The summed E-state index contributed by atoms with van der Waals surface area (Å²) in [5, 5.41) is 12.3. The summed E-state index contributed by atoms with van der Waals surface area (Å²) in [4.78, 5) is 12.7. The van der Waals surface area contributed by atoms with E-state index in [1.54, 1.807) is 42.5 Å². The summed E-state index contributed by atoms with van der Waals surface area (Å²) in [6, 6.07) is 22.3. The van der Waals surface area contributed by atoms with Gasteiger partial charge in [-0.05, 0) is 61.0 Å². The Bertz CT molecular complexity index is 1230. The van der Waals surface area contributed by atoms with Crippen LogP contribution in [0.25, 0.3) is 6.08 Å². The Morgan fingerprint density at radius 2 is 1.82 bits per heavy atom. The molecule has 3 rings (SSSR count). The molecular formula is C27H21BrN2O3. The summed E-state index contributed by atoms with van der Waals surface area (Å²) in [7, 11) is 0. The fourth-order valence-corrected chi connectivity index (χ4v) is 3.25. The molecule has 3 aromatic rings. The number of hydrogen-bond donors (Lipinski definition) is 1. The summed E-state index contributed by atoms with van der Waals surface area (Å²) in [6.07, 6.45) is 6.72. The van der Waals surface area contributed by atoms with Crippen molar-refractivity contribution in [2.24, 2.45) is 0 Å². The van der Waals surface area contributed by atoms with Gasteiger partial charge in [0.1, 0.15) is 36.4 Å². The molecule has 0 atom stereocenters. The van der Waals surface area contributed by atoms with Gasteiger partial charge >= 0.3 is 0 Å². The Labute approximate surface area is 201 Å². The van der Waals surface area contributed by atoms with Crippen molar-refractivity contribution in [3.63, 3.8) is 0 Å². The standard InChI is InChI=1S/C27H21BrN2O3/c1-3-14-32-26-13-8-23(28)16-21(26)15-22(17-29)27(31)30-24-9-11-25(12-10-24)33-18-20-6-4-19(2)5-7-20/h1,4-13,15-16H,14,18H2,2H3,(H,30,31)/b22-15+. The van der Waals surface area contributed by atoms with Crippen molar-refractivity contribution in [1.82, 2.24) is 0 Å². The van der Waals surface area contributed by atoms with E-state index in [2.05, 4.69) is 27.2 Å². The first-order valence-corrected chi connectivity index (χ1v) is 10.8. The second-order valence-electron chi connectivity index (χ2n) is 7.10. The summed E-state index contributed by atoms with van der Waals surface area (Å²) in [5.74, 6) is 3.02. The maximum atomic E-state index is 12.7. The van der Waals surface area contributed by atoms with Gasteiger partial charge in [-0.15, -0.1) is 6.42 Å². The van der Waals surface area contributed by atoms with E-state index >= 15 is 0 Å². The highest BCUT2D eigenvalue weighted by molar-refractivity contribution is 9.10. The molecule has 0 spiro atoms. The van der Waals surface area contributed by atoms with Gasteiger partial charge in [-0.1, -0.05) is 51.7 Å². The normalized spacial score (nSPS) is 10.6. The molecule has 0 aliphatic heterocycles. The lowest BCUT2D eigenvalue weighted by Crippen LogP contribution is -2.13. The van der Waals surface area contributed by atoms with Crippen molar-refractivity contribution in [3.05, 3.63) is 93.5 Å². The maximum absolute atomic E-state index is 12.7. The molecule has 0 heterocycles. The lowest BCUT2D eigenvalue weighted by molar-refractivity contribution is -0.112. The van der Waals surface area contributed by atoms with Gasteiger partial charge in [-0.3, -0.25) is 4.79 Å². The number of nitriles is 1. The zero-order valence-electron chi connectivity index (χ0n) is 18.0. The lowest BCUT2D eigenvalue weighted by atomic mass is 10.1. The van der Waals surface area contributed by atoms with Crippen molar-refractivity contribution < 1.29 is 14.3 Å². The highest BCUT2D eigenvalue weighted by Gasteiger charge is 2.12. The van der Waals surface area contributed by atoms with E-state index in [1.807, 2.05) is 37.3 Å². The highest BCUT2D eigenvalue weighted by Crippen LogP contribution is 2.26. The molecule has 0 aromatic heterocycles. The number of nitrogens with one attached hydrogen (secondary N) is 1. The third-order valence-electron chi connectivity index (χ3n) is 4.59. The van der Waals surface area contributed by atoms with Crippen molar-refractivity contribution in [2.45, 2.75) is 13.5 Å². The van der Waals surface area contributed by atoms with Crippen LogP contribution in [-0.2, 0) is 11.4 Å². The number of benzene rings is 3. The Hall–Kier alpha value is -4.00. The third kappa shape index (κ3) is 7.00. The molecule has 1 amide bonds. The number of terminal acetylenes is 1. The predicted molar refractivity (Wildman–Crippen MR) is 133 cm³/mol. The first-order valence-electron chi connectivity index (χ1n) is 10.1. The average Bonchev–Trinajstić information content (AvgIpc) is 2.82. The molecule has 1 N–H and O–H groups in total. The number of nitrogens with zero attached hydrogens (tertiary/aromatic N) is 1. The molecule has 0 aliphatic carbocycles. The number of anilines is 1. The van der Waals surface area contributed by atoms with Gasteiger partial charge < -0.3 is 14.8 Å². The molecule has 3 aromatic carbocycles. The molecule has 5 nitrogen and oxygen atoms in total. The first-order chi connectivity index (χ1) is 16.0. The number of carbonyl (C=O) groups excluding carboxylic acids is 1. The second-order valence-corrected chi connectivity index (χ2v) is 8.01. The number of hydrogen-bond acceptors (Lipinski definition) is 4. The number of rotatable bonds is 8. The smallest absolute Gasteiger partial charge is 0.266 e. The molecule has 6 heteroatoms. The molecule has 0 unspecified atom stereocenters. The fraction of sp³-hybridized carbons (Fsp3) is 0.111. The summed E-state index contributed by atoms with van der Waals surface area (Å²) < 4.78 is 12.1. The highest BCUT2D eigenvalue weighted by atomic mass is 79.9. The van der Waals surface area contributed by atoms with Crippen molar-refractivity contribution in [3.8, 4) is 29.9 Å². The van der Waals surface area contributed by atoms with E-state index in [4.69, 9.17) is 15.9 Å². The second kappa shape index (κ2) is 11.6. The molecule has 0 aliphatic rings. The molecular weight excluding hydrogens is 480 g/mol. The van der Waals surface area contributed by atoms with Gasteiger partial charge in [0.25, 0.3) is 5.91 Å². The molecule has 0 radical (unpaired) electrons. The third-order valence-corrected chi connectivity index (χ3v) is 5.08. The van der Waals surface area contributed by atoms with Crippen molar-refractivity contribution in [1.29, 1.82) is 5.26 Å². The minimum absolute atomic E-state index is 0.0710. The SMILES string of the molecule is C#CCOc1ccc(Br)cc1/C=C(\C#N)C(=O)Nc1ccc(OCc2ccc(C)cc2)cc1. The first kappa shape index (κ1) is 23.7. The van der Waals surface area contributed by atoms with E-state index in [9.17, 15) is 10.1 Å². The fourth-order valence-electron chi connectivity index (χ4n) is 2.87. The van der Waals surface area contributed by atoms with Crippen LogP contribution in [0.3, 0.4) is 0 Å². The van der Waals surface area contributed by atoms with Gasteiger partial charge in [-0.25, -0.2) is 0 Å². The van der Waals surface area contributed by atoms with Crippen LogP contribution in [-0.4, -0.2) is 12.5 Å². The zero-order valence-corrected chi connectivity index (χ0v) is 19.6. The van der Waals surface area contributed by atoms with Crippen LogP contribution in [0.1, 0.15) is 16.7 Å². The van der Waals surface area contributed by atoms with Crippen LogP contribution < -0.4 is 14.8 Å². The Balaban J connectivity index is 1.67. The van der Waals surface area contributed by atoms with E-state index < -0.39 is 5.91 Å². The van der Waals surface area contributed by atoms with E-state index in [-0.39, 0.29) is 12.2 Å². The van der Waals surface area contributed by atoms with E-state index in [0.29, 0.717) is 29.4 Å². The largest absolute Gasteiger partial charge is 0.489 e. The molecule has 0 bridgehead atoms. The van der Waals surface area contributed by atoms with Crippen molar-refractivity contribution in [2.75, 3.05) is 11.9 Å². The Morgan fingerprint density at radius 3 is 2.48 bits per heavy atom. The number of aryl methyl sites for hydroxylation is 1. The monoisotopic (exact) mass is 500 g/mol. The van der Waals surface area contributed by atoms with Crippen molar-refractivity contribution >= 4 is 33.6 Å². The van der Waals surface area contributed by atoms with Gasteiger partial charge in [0.2, 0.25) is 0 Å². The van der Waals surface area contributed by atoms with Crippen LogP contribution in [0.15, 0.2) is 76.8 Å². The number of amides is 1. The maximum Gasteiger partial charge on any atom is 0.266 e. The minimum atomic E-state index is -0.534. The summed E-state index contributed by atoms with van der Waals surface area (Å²) >= 11 is 3.38. The van der Waals surface area contributed by atoms with Crippen LogP contribution >= 0.6 is 15.9 Å². The van der Waals surface area contributed by atoms with Gasteiger partial charge in [-0.2, -0.15) is 5.26 Å². The van der Waals surface area contributed by atoms with Crippen LogP contribution in [0.4, 0.5) is 5.69 Å². The molecule has 0 saturated carbocycles. The van der Waals surface area contributed by atoms with Crippen LogP contribution in [0, 0.1) is 30.6 Å². The molecule has 33 heavy (non-hydrogen) atoms. The number of carbonyl (C=O) groups is 1. The molecule has 164 valence electrons. The van der Waals surface area contributed by atoms with Crippen LogP contribution in [0.2, 0.25) is 0 Å². The van der Waals surface area contributed by atoms with Gasteiger partial charge in [0.15, 0.2) is 0 Å². The number of ether oxygens (including phenoxy) is 2. The zero-order chi connectivity index (χ0) is 23.6. The summed E-state index contributed by atoms with van der Waals surface area (Å²) in [5.41, 5.74) is 3.30. The van der Waals surface area contributed by atoms with Gasteiger partial charge in [0.05, 0.1) is 0 Å². The van der Waals surface area contributed by atoms with E-state index in [0.717, 1.165) is 10.0 Å². The quantitative estimate of drug-likeness (QED) is 0.237. The van der Waals surface area contributed by atoms with Crippen LogP contribution in [0.5, 0.6) is 11.5 Å². The minimum Gasteiger partial charge on any atom is -0.489 e. The lowest BCUT2D eigenvalue weighted by Gasteiger charge is -2.10. The average molecular weight is 501 g/mol. The van der Waals surface area contributed by atoms with E-state index in [1.165, 1.54) is 11.6 Å². The predicted octanol–water partition coefficient (Wildman–Crippen LogP) is 5.89. The van der Waals surface area contributed by atoms with Gasteiger partial charge in [0, 0.05) is 15.7 Å². The summed E-state index contributed by atoms with van der Waals surface area (Å²) in [6.45, 7) is 2.56. The topological polar surface area (TPSA) is 71.3 Å². The number of halogens is 1. The molecule has 0 fully saturated rings. The molecule has 0 saturated heterocycles. The Kier molecular flexibility index (Phi) is 8.30. The Morgan fingerprint density at radius 1 is 1.09 bits per heavy atom.